The van der Waals surface area contributed by atoms with Crippen molar-refractivity contribution in [2.24, 2.45) is 16.3 Å². The van der Waals surface area contributed by atoms with Crippen LogP contribution in [0.1, 0.15) is 77.6 Å². The predicted molar refractivity (Wildman–Crippen MR) is 79.8 cm³/mol. The summed E-state index contributed by atoms with van der Waals surface area (Å²) in [6.07, 6.45) is 15.0. The lowest BCUT2D eigenvalue weighted by Crippen LogP contribution is -2.40. The zero-order chi connectivity index (χ0) is 14.0. The lowest BCUT2D eigenvalue weighted by atomic mass is 10.1. The monoisotopic (exact) mass is 272 g/mol. The molecule has 0 aromatic rings. The van der Waals surface area contributed by atoms with Gasteiger partial charge in [0.25, 0.3) is 0 Å². The highest BCUT2D eigenvalue weighted by atomic mass is 15.7. The van der Waals surface area contributed by atoms with Gasteiger partial charge in [-0.1, -0.05) is 76.4 Å². The van der Waals surface area contributed by atoms with Crippen molar-refractivity contribution in [2.75, 3.05) is 6.54 Å². The molecule has 0 rings (SSSR count). The number of unbranched alkanes of at least 4 members (excludes halogenated alkanes) is 10. The van der Waals surface area contributed by atoms with E-state index in [0.29, 0.717) is 0 Å². The molecule has 0 bridgehead atoms. The number of rotatable bonds is 15. The Hall–Kier alpha value is -0.880. The van der Waals surface area contributed by atoms with Crippen LogP contribution in [0.2, 0.25) is 0 Å². The molecule has 6 heteroatoms. The van der Waals surface area contributed by atoms with E-state index in [9.17, 15) is 0 Å². The number of hydrogen-bond donors (Lipinski definition) is 4. The molecule has 5 N–H and O–H groups in total. The van der Waals surface area contributed by atoms with E-state index in [1.54, 1.807) is 0 Å². The van der Waals surface area contributed by atoms with E-state index in [-0.39, 0.29) is 0 Å². The maximum Gasteiger partial charge on any atom is 0.0118 e. The van der Waals surface area contributed by atoms with Crippen molar-refractivity contribution in [3.8, 4) is 0 Å². The first-order chi connectivity index (χ1) is 9.41. The summed E-state index contributed by atoms with van der Waals surface area (Å²) in [5, 5.41) is 6.39. The Labute approximate surface area is 117 Å². The third kappa shape index (κ3) is 17.1. The Bertz CT molecular complexity index is 186. The normalized spacial score (nSPS) is 11.2. The Morgan fingerprint density at radius 1 is 0.789 bits per heavy atom. The second-order valence-electron chi connectivity index (χ2n) is 4.91. The molecule has 0 fully saturated rings. The van der Waals surface area contributed by atoms with E-state index in [2.05, 4.69) is 33.9 Å². The minimum atomic E-state index is 0.921. The number of hydrazine groups is 2. The van der Waals surface area contributed by atoms with Crippen LogP contribution < -0.4 is 22.3 Å². The van der Waals surface area contributed by atoms with E-state index in [4.69, 9.17) is 5.84 Å². The van der Waals surface area contributed by atoms with Crippen molar-refractivity contribution in [1.82, 2.24) is 16.5 Å². The molecule has 114 valence electrons. The number of nitrogens with two attached hydrogens (primary N) is 1. The molecule has 0 radical (unpaired) electrons. The molecule has 0 amide bonds. The van der Waals surface area contributed by atoms with Crippen molar-refractivity contribution in [3.05, 3.63) is 0 Å². The minimum absolute atomic E-state index is 0.921. The van der Waals surface area contributed by atoms with Gasteiger partial charge in [0.2, 0.25) is 0 Å². The number of nitrogens with one attached hydrogen (secondary N) is 3. The van der Waals surface area contributed by atoms with Crippen LogP contribution >= 0.6 is 0 Å². The van der Waals surface area contributed by atoms with Gasteiger partial charge in [-0.2, -0.15) is 5.53 Å². The fourth-order valence-electron chi connectivity index (χ4n) is 2.03. The third-order valence-corrected chi connectivity index (χ3v) is 3.16. The molecular weight excluding hydrogens is 240 g/mol. The van der Waals surface area contributed by atoms with Gasteiger partial charge < -0.3 is 5.84 Å². The summed E-state index contributed by atoms with van der Waals surface area (Å²) in [6, 6.07) is 0. The highest BCUT2D eigenvalue weighted by molar-refractivity contribution is 4.48. The van der Waals surface area contributed by atoms with Crippen molar-refractivity contribution < 1.29 is 0 Å². The molecule has 0 saturated heterocycles. The van der Waals surface area contributed by atoms with E-state index in [0.717, 1.165) is 6.54 Å². The van der Waals surface area contributed by atoms with Crippen LogP contribution in [0, 0.1) is 0 Å². The Morgan fingerprint density at radius 3 is 1.84 bits per heavy atom. The lowest BCUT2D eigenvalue weighted by Gasteiger charge is -2.05. The maximum absolute atomic E-state index is 4.81. The van der Waals surface area contributed by atoms with Gasteiger partial charge in [-0.3, -0.25) is 0 Å². The molecule has 19 heavy (non-hydrogen) atoms. The van der Waals surface area contributed by atoms with Crippen LogP contribution in [0.3, 0.4) is 0 Å². The van der Waals surface area contributed by atoms with E-state index >= 15 is 0 Å². The quantitative estimate of drug-likeness (QED) is 0.160. The van der Waals surface area contributed by atoms with Crippen molar-refractivity contribution in [3.63, 3.8) is 0 Å². The molecule has 0 aliphatic heterocycles. The van der Waals surface area contributed by atoms with Crippen LogP contribution in [-0.4, -0.2) is 6.54 Å². The molecule has 0 unspecified atom stereocenters. The van der Waals surface area contributed by atoms with Crippen molar-refractivity contribution >= 4 is 0 Å². The van der Waals surface area contributed by atoms with E-state index in [1.807, 2.05) is 0 Å². The largest absolute Gasteiger partial charge is 0.303 e. The Morgan fingerprint density at radius 2 is 1.32 bits per heavy atom. The second-order valence-corrected chi connectivity index (χ2v) is 4.91. The highest BCUT2D eigenvalue weighted by Gasteiger charge is 1.92. The average Bonchev–Trinajstić information content (AvgIpc) is 2.43. The van der Waals surface area contributed by atoms with Gasteiger partial charge in [0, 0.05) is 6.54 Å². The first kappa shape index (κ1) is 18.1. The fraction of sp³-hybridized carbons (Fsp3) is 1.00. The second kappa shape index (κ2) is 17.1. The van der Waals surface area contributed by atoms with Gasteiger partial charge in [-0.25, -0.2) is 11.0 Å². The molecule has 0 aromatic heterocycles. The van der Waals surface area contributed by atoms with Crippen LogP contribution in [-0.2, 0) is 0 Å². The van der Waals surface area contributed by atoms with Gasteiger partial charge in [-0.15, -0.1) is 0 Å². The third-order valence-electron chi connectivity index (χ3n) is 3.16. The summed E-state index contributed by atoms with van der Waals surface area (Å²) in [6.45, 7) is 3.19. The average molecular weight is 272 g/mol. The predicted octanol–water partition coefficient (Wildman–Crippen LogP) is 3.14. The number of hydrogen-bond acceptors (Lipinski definition) is 4. The van der Waals surface area contributed by atoms with Crippen LogP contribution in [0.5, 0.6) is 0 Å². The molecule has 0 aliphatic rings. The molecule has 0 heterocycles. The summed E-state index contributed by atoms with van der Waals surface area (Å²) < 4.78 is 0. The summed E-state index contributed by atoms with van der Waals surface area (Å²) in [4.78, 5) is 0. The summed E-state index contributed by atoms with van der Waals surface area (Å²) in [5.74, 6) is 4.81. The Kier molecular flexibility index (Phi) is 16.3. The standard InChI is InChI=1S/C13H32N6/c1-2-3-4-5-6-7-8-9-10-11-12-13-15-17-19-18-16-14/h2-13H2,1H3,(H3,14,17,18)(H2,15,16,19). The highest BCUT2D eigenvalue weighted by Crippen LogP contribution is 2.10. The molecule has 0 aliphatic carbocycles. The van der Waals surface area contributed by atoms with Gasteiger partial charge >= 0.3 is 0 Å². The SMILES string of the molecule is CCCCCCCCCCCCCNNNN=NN. The minimum Gasteiger partial charge on any atom is -0.303 e. The first-order valence-electron chi connectivity index (χ1n) is 7.74. The molecule has 0 saturated carbocycles. The smallest absolute Gasteiger partial charge is 0.0118 e. The van der Waals surface area contributed by atoms with Crippen LogP contribution in [0.4, 0.5) is 0 Å². The zero-order valence-corrected chi connectivity index (χ0v) is 12.5. The topological polar surface area (TPSA) is 86.8 Å². The maximum atomic E-state index is 4.81. The summed E-state index contributed by atoms with van der Waals surface area (Å²) >= 11 is 0. The molecule has 0 spiro atoms. The van der Waals surface area contributed by atoms with Crippen molar-refractivity contribution in [2.45, 2.75) is 77.6 Å². The molecule has 0 atom stereocenters. The van der Waals surface area contributed by atoms with Gasteiger partial charge in [-0.05, 0) is 11.6 Å². The summed E-state index contributed by atoms with van der Waals surface area (Å²) in [5.41, 5.74) is 8.11. The van der Waals surface area contributed by atoms with Gasteiger partial charge in [0.15, 0.2) is 0 Å². The number of nitrogens with zero attached hydrogens (tertiary/aromatic N) is 2. The zero-order valence-electron chi connectivity index (χ0n) is 12.5. The van der Waals surface area contributed by atoms with Crippen LogP contribution in [0.15, 0.2) is 10.4 Å². The van der Waals surface area contributed by atoms with Gasteiger partial charge in [0.1, 0.15) is 0 Å². The molecule has 6 nitrogen and oxygen atoms in total. The fourth-order valence-corrected chi connectivity index (χ4v) is 2.03. The van der Waals surface area contributed by atoms with E-state index in [1.165, 1.54) is 70.6 Å². The first-order valence-corrected chi connectivity index (χ1v) is 7.74. The molecular formula is C13H32N6. The van der Waals surface area contributed by atoms with Crippen LogP contribution in [0.25, 0.3) is 0 Å². The van der Waals surface area contributed by atoms with Crippen molar-refractivity contribution in [1.29, 1.82) is 0 Å². The summed E-state index contributed by atoms with van der Waals surface area (Å²) in [7, 11) is 0. The van der Waals surface area contributed by atoms with E-state index < -0.39 is 0 Å². The van der Waals surface area contributed by atoms with Gasteiger partial charge in [0.05, 0.1) is 0 Å². The lowest BCUT2D eigenvalue weighted by molar-refractivity contribution is 0.419. The molecule has 0 aromatic carbocycles. The Balaban J connectivity index is 2.91.